The first-order valence-electron chi connectivity index (χ1n) is 8.30. The number of carbonyl (C=O) groups excluding carboxylic acids is 1. The Morgan fingerprint density at radius 3 is 2.65 bits per heavy atom. The van der Waals surface area contributed by atoms with Crippen molar-refractivity contribution < 1.29 is 14.1 Å². The molecule has 0 spiro atoms. The minimum Gasteiger partial charge on any atom is -0.370 e. The van der Waals surface area contributed by atoms with Gasteiger partial charge >= 0.3 is 0 Å². The molecule has 1 aliphatic carbocycles. The second-order valence-electron chi connectivity index (χ2n) is 6.94. The number of likely N-dealkylation sites (N-methyl/N-ethyl adjacent to an activating group) is 1. The van der Waals surface area contributed by atoms with Gasteiger partial charge in [0.25, 0.3) is 0 Å². The van der Waals surface area contributed by atoms with E-state index in [1.807, 2.05) is 6.92 Å². The van der Waals surface area contributed by atoms with Gasteiger partial charge in [0.05, 0.1) is 12.1 Å². The van der Waals surface area contributed by atoms with Gasteiger partial charge in [0.2, 0.25) is 11.8 Å². The summed E-state index contributed by atoms with van der Waals surface area (Å²) >= 11 is 0. The SMILES string of the molecule is CC(C)COC(C)c1noc(CN(C)C(=O)C2(N)CCCC2)n1. The molecule has 7 nitrogen and oxygen atoms in total. The van der Waals surface area contributed by atoms with Gasteiger partial charge in [-0.15, -0.1) is 0 Å². The first-order valence-corrected chi connectivity index (χ1v) is 8.30. The van der Waals surface area contributed by atoms with Crippen LogP contribution in [0.5, 0.6) is 0 Å². The van der Waals surface area contributed by atoms with E-state index in [9.17, 15) is 4.79 Å². The van der Waals surface area contributed by atoms with Crippen molar-refractivity contribution in [3.63, 3.8) is 0 Å². The summed E-state index contributed by atoms with van der Waals surface area (Å²) in [6, 6.07) is 0. The molecule has 0 aromatic carbocycles. The maximum absolute atomic E-state index is 12.5. The average molecular weight is 324 g/mol. The summed E-state index contributed by atoms with van der Waals surface area (Å²) in [6.07, 6.45) is 3.26. The zero-order valence-corrected chi connectivity index (χ0v) is 14.5. The first kappa shape index (κ1) is 17.9. The smallest absolute Gasteiger partial charge is 0.246 e. The predicted octanol–water partition coefficient (Wildman–Crippen LogP) is 2.03. The van der Waals surface area contributed by atoms with Gasteiger partial charge in [-0.1, -0.05) is 31.8 Å². The van der Waals surface area contributed by atoms with Gasteiger partial charge < -0.3 is 19.9 Å². The fourth-order valence-electron chi connectivity index (χ4n) is 2.78. The summed E-state index contributed by atoms with van der Waals surface area (Å²) in [6.45, 7) is 6.96. The van der Waals surface area contributed by atoms with Gasteiger partial charge in [-0.3, -0.25) is 4.79 Å². The minimum atomic E-state index is -0.731. The van der Waals surface area contributed by atoms with Gasteiger partial charge in [-0.2, -0.15) is 4.98 Å². The molecule has 23 heavy (non-hydrogen) atoms. The molecular formula is C16H28N4O3. The molecule has 0 aliphatic heterocycles. The number of ether oxygens (including phenoxy) is 1. The van der Waals surface area contributed by atoms with Crippen molar-refractivity contribution in [2.45, 2.75) is 64.6 Å². The van der Waals surface area contributed by atoms with Crippen LogP contribution in [-0.4, -0.2) is 40.1 Å². The van der Waals surface area contributed by atoms with Crippen LogP contribution in [0.3, 0.4) is 0 Å². The van der Waals surface area contributed by atoms with E-state index in [0.29, 0.717) is 24.2 Å². The third-order valence-corrected chi connectivity index (χ3v) is 4.17. The largest absolute Gasteiger partial charge is 0.370 e. The van der Waals surface area contributed by atoms with E-state index in [4.69, 9.17) is 15.0 Å². The number of nitrogens with two attached hydrogens (primary N) is 1. The Morgan fingerprint density at radius 1 is 1.39 bits per heavy atom. The van der Waals surface area contributed by atoms with Crippen LogP contribution in [0, 0.1) is 5.92 Å². The molecule has 1 aliphatic rings. The van der Waals surface area contributed by atoms with E-state index >= 15 is 0 Å². The maximum Gasteiger partial charge on any atom is 0.246 e. The summed E-state index contributed by atoms with van der Waals surface area (Å²) in [5.74, 6) is 1.29. The lowest BCUT2D eigenvalue weighted by molar-refractivity contribution is -0.136. The zero-order valence-electron chi connectivity index (χ0n) is 14.5. The van der Waals surface area contributed by atoms with Gasteiger partial charge in [-0.25, -0.2) is 0 Å². The highest BCUT2D eigenvalue weighted by Gasteiger charge is 2.39. The molecule has 1 amide bonds. The highest BCUT2D eigenvalue weighted by atomic mass is 16.5. The first-order chi connectivity index (χ1) is 10.8. The van der Waals surface area contributed by atoms with Crippen LogP contribution < -0.4 is 5.73 Å². The van der Waals surface area contributed by atoms with Crippen molar-refractivity contribution in [2.24, 2.45) is 11.7 Å². The van der Waals surface area contributed by atoms with Crippen molar-refractivity contribution >= 4 is 5.91 Å². The molecule has 0 saturated heterocycles. The van der Waals surface area contributed by atoms with E-state index in [2.05, 4.69) is 24.0 Å². The number of rotatable bonds is 7. The van der Waals surface area contributed by atoms with E-state index in [1.165, 1.54) is 0 Å². The predicted molar refractivity (Wildman–Crippen MR) is 85.4 cm³/mol. The lowest BCUT2D eigenvalue weighted by Crippen LogP contribution is -2.52. The van der Waals surface area contributed by atoms with Gasteiger partial charge in [0, 0.05) is 13.7 Å². The van der Waals surface area contributed by atoms with Crippen molar-refractivity contribution in [1.29, 1.82) is 0 Å². The Labute approximate surface area is 137 Å². The molecule has 1 atom stereocenters. The van der Waals surface area contributed by atoms with Gasteiger partial charge in [-0.05, 0) is 25.7 Å². The van der Waals surface area contributed by atoms with Crippen molar-refractivity contribution in [1.82, 2.24) is 15.0 Å². The van der Waals surface area contributed by atoms with Crippen molar-refractivity contribution in [3.8, 4) is 0 Å². The van der Waals surface area contributed by atoms with Gasteiger partial charge in [0.1, 0.15) is 6.10 Å². The highest BCUT2D eigenvalue weighted by molar-refractivity contribution is 5.86. The standard InChI is InChI=1S/C16H28N4O3/c1-11(2)10-22-12(3)14-18-13(23-19-14)9-20(4)15(21)16(17)7-5-6-8-16/h11-12H,5-10,17H2,1-4H3. The third kappa shape index (κ3) is 4.51. The van der Waals surface area contributed by atoms with Crippen molar-refractivity contribution in [2.75, 3.05) is 13.7 Å². The second-order valence-corrected chi connectivity index (χ2v) is 6.94. The van der Waals surface area contributed by atoms with Crippen LogP contribution >= 0.6 is 0 Å². The van der Waals surface area contributed by atoms with E-state index in [-0.39, 0.29) is 18.6 Å². The third-order valence-electron chi connectivity index (χ3n) is 4.17. The van der Waals surface area contributed by atoms with Crippen molar-refractivity contribution in [3.05, 3.63) is 11.7 Å². The molecule has 1 saturated carbocycles. The Kier molecular flexibility index (Phi) is 5.75. The molecule has 2 N–H and O–H groups in total. The highest BCUT2D eigenvalue weighted by Crippen LogP contribution is 2.29. The molecule has 7 heteroatoms. The number of hydrogen-bond acceptors (Lipinski definition) is 6. The molecule has 1 heterocycles. The molecule has 2 rings (SSSR count). The lowest BCUT2D eigenvalue weighted by atomic mass is 9.97. The normalized spacial score (nSPS) is 18.3. The number of nitrogens with zero attached hydrogens (tertiary/aromatic N) is 3. The van der Waals surface area contributed by atoms with E-state index in [0.717, 1.165) is 25.7 Å². The van der Waals surface area contributed by atoms with Crippen LogP contribution in [0.25, 0.3) is 0 Å². The monoisotopic (exact) mass is 324 g/mol. The van der Waals surface area contributed by atoms with E-state index in [1.54, 1.807) is 11.9 Å². The lowest BCUT2D eigenvalue weighted by Gasteiger charge is -2.27. The van der Waals surface area contributed by atoms with Crippen LogP contribution in [0.15, 0.2) is 4.52 Å². The molecule has 0 radical (unpaired) electrons. The quantitative estimate of drug-likeness (QED) is 0.824. The topological polar surface area (TPSA) is 94.5 Å². The molecule has 0 bridgehead atoms. The molecule has 1 fully saturated rings. The average Bonchev–Trinajstić information content (AvgIpc) is 3.14. The Bertz CT molecular complexity index is 523. The molecule has 1 unspecified atom stereocenters. The number of carbonyl (C=O) groups is 1. The minimum absolute atomic E-state index is 0.0566. The molecule has 1 aromatic rings. The maximum atomic E-state index is 12.5. The Balaban J connectivity index is 1.91. The summed E-state index contributed by atoms with van der Waals surface area (Å²) in [7, 11) is 1.72. The number of amides is 1. The fraction of sp³-hybridized carbons (Fsp3) is 0.812. The summed E-state index contributed by atoms with van der Waals surface area (Å²) in [5.41, 5.74) is 5.47. The molecule has 130 valence electrons. The van der Waals surface area contributed by atoms with Gasteiger partial charge in [0.15, 0.2) is 5.82 Å². The van der Waals surface area contributed by atoms with Crippen LogP contribution in [0.2, 0.25) is 0 Å². The number of hydrogen-bond donors (Lipinski definition) is 1. The zero-order chi connectivity index (χ0) is 17.0. The molecular weight excluding hydrogens is 296 g/mol. The van der Waals surface area contributed by atoms with Crippen LogP contribution in [0.1, 0.15) is 64.3 Å². The Morgan fingerprint density at radius 2 is 2.04 bits per heavy atom. The van der Waals surface area contributed by atoms with Crippen LogP contribution in [0.4, 0.5) is 0 Å². The summed E-state index contributed by atoms with van der Waals surface area (Å²) in [5, 5.41) is 3.94. The fourth-order valence-corrected chi connectivity index (χ4v) is 2.78. The van der Waals surface area contributed by atoms with Crippen LogP contribution in [-0.2, 0) is 16.1 Å². The summed E-state index contributed by atoms with van der Waals surface area (Å²) < 4.78 is 10.9. The number of aromatic nitrogens is 2. The van der Waals surface area contributed by atoms with E-state index < -0.39 is 5.54 Å². The summed E-state index contributed by atoms with van der Waals surface area (Å²) in [4.78, 5) is 18.4. The second kappa shape index (κ2) is 7.40. The Hall–Kier alpha value is -1.47. The molecule has 1 aromatic heterocycles.